The van der Waals surface area contributed by atoms with Crippen molar-refractivity contribution < 1.29 is 14.4 Å². The number of ketones is 1. The second-order valence-electron chi connectivity index (χ2n) is 5.76. The van der Waals surface area contributed by atoms with Gasteiger partial charge in [-0.1, -0.05) is 18.2 Å². The van der Waals surface area contributed by atoms with Gasteiger partial charge in [0.2, 0.25) is 0 Å². The highest BCUT2D eigenvalue weighted by Gasteiger charge is 2.47. The van der Waals surface area contributed by atoms with Gasteiger partial charge in [-0.15, -0.1) is 5.12 Å². The van der Waals surface area contributed by atoms with Gasteiger partial charge in [0.25, 0.3) is 11.8 Å². The van der Waals surface area contributed by atoms with Crippen molar-refractivity contribution in [2.45, 2.75) is 46.7 Å². The van der Waals surface area contributed by atoms with Crippen LogP contribution in [0.15, 0.2) is 36.5 Å². The van der Waals surface area contributed by atoms with E-state index in [4.69, 9.17) is 0 Å². The first-order valence-corrected chi connectivity index (χ1v) is 8.13. The van der Waals surface area contributed by atoms with Gasteiger partial charge in [-0.05, 0) is 40.7 Å². The van der Waals surface area contributed by atoms with Crippen LogP contribution in [0.5, 0.6) is 0 Å². The Labute approximate surface area is 144 Å². The Hall–Kier alpha value is -2.21. The second-order valence-corrected chi connectivity index (χ2v) is 5.76. The Morgan fingerprint density at radius 3 is 1.46 bits per heavy atom. The van der Waals surface area contributed by atoms with E-state index >= 15 is 0 Å². The van der Waals surface area contributed by atoms with Crippen molar-refractivity contribution in [2.75, 3.05) is 7.05 Å². The van der Waals surface area contributed by atoms with E-state index in [-0.39, 0.29) is 29.7 Å². The van der Waals surface area contributed by atoms with Crippen LogP contribution in [0.2, 0.25) is 0 Å². The molecule has 132 valence electrons. The summed E-state index contributed by atoms with van der Waals surface area (Å²) >= 11 is 0. The van der Waals surface area contributed by atoms with Crippen LogP contribution in [-0.2, 0) is 14.4 Å². The quantitative estimate of drug-likeness (QED) is 0.739. The number of rotatable bonds is 4. The maximum absolute atomic E-state index is 12.6. The number of carbonyl (C=O) groups is 3. The summed E-state index contributed by atoms with van der Waals surface area (Å²) in [4.78, 5) is 37.5. The summed E-state index contributed by atoms with van der Waals surface area (Å²) in [5.74, 6) is -1.13. The maximum atomic E-state index is 12.6. The van der Waals surface area contributed by atoms with Crippen molar-refractivity contribution in [3.05, 3.63) is 36.5 Å². The van der Waals surface area contributed by atoms with Gasteiger partial charge >= 0.3 is 0 Å². The lowest BCUT2D eigenvalue weighted by Gasteiger charge is -2.53. The first-order valence-electron chi connectivity index (χ1n) is 8.13. The molecule has 1 fully saturated rings. The molecule has 0 radical (unpaired) electrons. The largest absolute Gasteiger partial charge is 0.294 e. The first-order chi connectivity index (χ1) is 11.3. The Morgan fingerprint density at radius 1 is 0.750 bits per heavy atom. The molecular formula is C18H27N3O3. The summed E-state index contributed by atoms with van der Waals surface area (Å²) in [5.41, 5.74) is 0. The molecule has 24 heavy (non-hydrogen) atoms. The molecule has 0 N–H and O–H groups in total. The fourth-order valence-electron chi connectivity index (χ4n) is 3.21. The molecule has 0 aromatic rings. The van der Waals surface area contributed by atoms with Gasteiger partial charge in [-0.3, -0.25) is 24.4 Å². The number of nitrogens with zero attached hydrogens (tertiary/aromatic N) is 3. The highest BCUT2D eigenvalue weighted by Crippen LogP contribution is 2.30. The highest BCUT2D eigenvalue weighted by atomic mass is 16.2. The van der Waals surface area contributed by atoms with E-state index in [1.807, 2.05) is 13.8 Å². The van der Waals surface area contributed by atoms with Crippen LogP contribution in [0.4, 0.5) is 0 Å². The fourth-order valence-corrected chi connectivity index (χ4v) is 3.21. The standard InChI is InChI=1S/C18H27N3O3/c1-7-10-15(22)18-13(4)20(16(23)11-8-2)19(6)21(14(18)5)17(24)12-9-3/h7-14,18H,1-6H3/b10-7+,11-8+,12-9+. The first kappa shape index (κ1) is 19.8. The van der Waals surface area contributed by atoms with E-state index in [1.165, 1.54) is 33.4 Å². The van der Waals surface area contributed by atoms with E-state index in [9.17, 15) is 14.4 Å². The van der Waals surface area contributed by atoms with E-state index in [0.29, 0.717) is 0 Å². The van der Waals surface area contributed by atoms with Gasteiger partial charge in [-0.2, -0.15) is 0 Å². The normalized spacial score (nSPS) is 26.0. The molecule has 6 nitrogen and oxygen atoms in total. The number of carbonyl (C=O) groups excluding carboxylic acids is 3. The van der Waals surface area contributed by atoms with E-state index < -0.39 is 5.92 Å². The zero-order valence-corrected chi connectivity index (χ0v) is 15.3. The predicted octanol–water partition coefficient (Wildman–Crippen LogP) is 2.11. The lowest BCUT2D eigenvalue weighted by molar-refractivity contribution is -0.234. The Bertz CT molecular complexity index is 487. The minimum absolute atomic E-state index is 0.0952. The van der Waals surface area contributed by atoms with Gasteiger partial charge in [0.1, 0.15) is 0 Å². The second kappa shape index (κ2) is 8.59. The monoisotopic (exact) mass is 333 g/mol. The SMILES string of the molecule is C/C=C/C(=O)C1C(C)N(C(=O)/C=C/C)N(C)N(C(=O)/C=C/C)C1C. The average molecular weight is 333 g/mol. The highest BCUT2D eigenvalue weighted by molar-refractivity contribution is 5.95. The van der Waals surface area contributed by atoms with Crippen molar-refractivity contribution in [1.82, 2.24) is 15.1 Å². The zero-order valence-electron chi connectivity index (χ0n) is 15.3. The topological polar surface area (TPSA) is 60.9 Å². The molecule has 6 heteroatoms. The summed E-state index contributed by atoms with van der Waals surface area (Å²) in [6.45, 7) is 8.93. The van der Waals surface area contributed by atoms with Crippen molar-refractivity contribution in [3.8, 4) is 0 Å². The number of hydrogen-bond acceptors (Lipinski definition) is 4. The van der Waals surface area contributed by atoms with Crippen molar-refractivity contribution in [2.24, 2.45) is 5.92 Å². The van der Waals surface area contributed by atoms with Gasteiger partial charge in [-0.25, -0.2) is 0 Å². The number of amides is 2. The Morgan fingerprint density at radius 2 is 1.12 bits per heavy atom. The summed E-state index contributed by atoms with van der Waals surface area (Å²) in [6, 6.07) is -0.737. The molecule has 0 saturated carbocycles. The zero-order chi connectivity index (χ0) is 18.4. The molecule has 1 heterocycles. The van der Waals surface area contributed by atoms with Gasteiger partial charge in [0, 0.05) is 19.2 Å². The lowest BCUT2D eigenvalue weighted by Crippen LogP contribution is -2.70. The molecule has 1 aliphatic rings. The Balaban J connectivity index is 3.38. The molecule has 2 unspecified atom stereocenters. The average Bonchev–Trinajstić information content (AvgIpc) is 2.47. The molecule has 1 aliphatic heterocycles. The van der Waals surface area contributed by atoms with E-state index in [1.54, 1.807) is 46.0 Å². The van der Waals surface area contributed by atoms with Crippen molar-refractivity contribution in [1.29, 1.82) is 0 Å². The molecule has 0 aliphatic carbocycles. The molecule has 0 aromatic heterocycles. The predicted molar refractivity (Wildman–Crippen MR) is 93.3 cm³/mol. The fraction of sp³-hybridized carbons (Fsp3) is 0.500. The van der Waals surface area contributed by atoms with Crippen molar-refractivity contribution in [3.63, 3.8) is 0 Å². The third kappa shape index (κ3) is 3.82. The van der Waals surface area contributed by atoms with Gasteiger partial charge < -0.3 is 0 Å². The van der Waals surface area contributed by atoms with Crippen LogP contribution in [0.3, 0.4) is 0 Å². The molecule has 1 rings (SSSR count). The van der Waals surface area contributed by atoms with Crippen LogP contribution < -0.4 is 0 Å². The minimum Gasteiger partial charge on any atom is -0.294 e. The number of hydrazine groups is 2. The molecule has 2 atom stereocenters. The van der Waals surface area contributed by atoms with E-state index in [2.05, 4.69) is 0 Å². The summed E-state index contributed by atoms with van der Waals surface area (Å²) in [6.07, 6.45) is 9.32. The molecule has 2 amide bonds. The third-order valence-electron chi connectivity index (χ3n) is 4.16. The summed E-state index contributed by atoms with van der Waals surface area (Å²) < 4.78 is 0. The van der Waals surface area contributed by atoms with Crippen LogP contribution >= 0.6 is 0 Å². The maximum Gasteiger partial charge on any atom is 0.262 e. The number of hydrogen-bond donors (Lipinski definition) is 0. The minimum atomic E-state index is -0.499. The van der Waals surface area contributed by atoms with Crippen LogP contribution in [0.25, 0.3) is 0 Å². The molecular weight excluding hydrogens is 306 g/mol. The summed E-state index contributed by atoms with van der Waals surface area (Å²) in [7, 11) is 1.66. The number of allylic oxidation sites excluding steroid dienone is 4. The molecule has 0 bridgehead atoms. The molecule has 1 saturated heterocycles. The lowest BCUT2D eigenvalue weighted by atomic mass is 9.87. The van der Waals surface area contributed by atoms with Gasteiger partial charge in [0.15, 0.2) is 5.78 Å². The van der Waals surface area contributed by atoms with Crippen LogP contribution in [0.1, 0.15) is 34.6 Å². The smallest absolute Gasteiger partial charge is 0.262 e. The van der Waals surface area contributed by atoms with Crippen LogP contribution in [0, 0.1) is 5.92 Å². The Kier molecular flexibility index (Phi) is 7.10. The van der Waals surface area contributed by atoms with Crippen molar-refractivity contribution >= 4 is 17.6 Å². The van der Waals surface area contributed by atoms with Gasteiger partial charge in [0.05, 0.1) is 18.0 Å². The van der Waals surface area contributed by atoms with Crippen LogP contribution in [-0.4, -0.2) is 51.9 Å². The molecule has 0 spiro atoms. The van der Waals surface area contributed by atoms with E-state index in [0.717, 1.165) is 0 Å². The third-order valence-corrected chi connectivity index (χ3v) is 4.16. The molecule has 0 aromatic carbocycles. The summed E-state index contributed by atoms with van der Waals surface area (Å²) in [5, 5.41) is 4.42.